The summed E-state index contributed by atoms with van der Waals surface area (Å²) in [6.07, 6.45) is -1.41. The van der Waals surface area contributed by atoms with E-state index < -0.39 is 66.2 Å². The van der Waals surface area contributed by atoms with E-state index in [0.29, 0.717) is 0 Å². The second-order valence-corrected chi connectivity index (χ2v) is 6.71. The highest BCUT2D eigenvalue weighted by atomic mass is 32.1. The first-order chi connectivity index (χ1) is 13.9. The van der Waals surface area contributed by atoms with Gasteiger partial charge in [0.25, 0.3) is 0 Å². The fourth-order valence-corrected chi connectivity index (χ4v) is 2.32. The number of carboxylic acid groups (broad SMARTS) is 3. The minimum absolute atomic E-state index is 0.205. The second-order valence-electron chi connectivity index (χ2n) is 6.34. The first kappa shape index (κ1) is 27.1. The lowest BCUT2D eigenvalue weighted by atomic mass is 10.1. The molecule has 4 unspecified atom stereocenters. The average molecular weight is 450 g/mol. The number of amides is 3. The average Bonchev–Trinajstić information content (AvgIpc) is 2.66. The van der Waals surface area contributed by atoms with Gasteiger partial charge in [0.1, 0.15) is 18.1 Å². The highest BCUT2D eigenvalue weighted by molar-refractivity contribution is 7.80. The van der Waals surface area contributed by atoms with Gasteiger partial charge in [-0.05, 0) is 19.8 Å². The number of aliphatic carboxylic acids is 3. The molecule has 0 aromatic carbocycles. The van der Waals surface area contributed by atoms with E-state index in [9.17, 15) is 28.8 Å². The first-order valence-electron chi connectivity index (χ1n) is 8.83. The normalized spacial score (nSPS) is 14.5. The molecule has 30 heavy (non-hydrogen) atoms. The van der Waals surface area contributed by atoms with E-state index in [4.69, 9.17) is 21.1 Å². The molecule has 0 rings (SSSR count). The summed E-state index contributed by atoms with van der Waals surface area (Å²) < 4.78 is 0. The molecule has 0 heterocycles. The molecule has 0 saturated heterocycles. The molecule has 0 spiro atoms. The van der Waals surface area contributed by atoms with E-state index in [1.165, 1.54) is 6.92 Å². The fourth-order valence-electron chi connectivity index (χ4n) is 2.07. The van der Waals surface area contributed by atoms with Gasteiger partial charge in [0.05, 0.1) is 6.04 Å². The van der Waals surface area contributed by atoms with E-state index in [-0.39, 0.29) is 25.0 Å². The molecule has 0 fully saturated rings. The van der Waals surface area contributed by atoms with E-state index in [0.717, 1.165) is 0 Å². The Morgan fingerprint density at radius 1 is 0.800 bits per heavy atom. The number of carboxylic acids is 3. The van der Waals surface area contributed by atoms with Gasteiger partial charge < -0.3 is 37.0 Å². The lowest BCUT2D eigenvalue weighted by Gasteiger charge is -2.23. The van der Waals surface area contributed by atoms with Crippen molar-refractivity contribution in [3.63, 3.8) is 0 Å². The smallest absolute Gasteiger partial charge is 0.325 e. The van der Waals surface area contributed by atoms with Crippen LogP contribution in [0.4, 0.5) is 0 Å². The van der Waals surface area contributed by atoms with Crippen LogP contribution < -0.4 is 21.7 Å². The topological polar surface area (TPSA) is 225 Å². The van der Waals surface area contributed by atoms with Gasteiger partial charge in [0.15, 0.2) is 0 Å². The standard InChI is InChI=1S/C16H26N4O9S/c1-7(16(28)29)18-15(27)10(6-30)20-14(26)9(3-5-12(23)24)19-13(25)8(17)2-4-11(21)22/h7-10,30H,2-6,17H2,1H3,(H,18,27)(H,19,25)(H,20,26)(H,21,22)(H,23,24)(H,28,29). The molecule has 14 heteroatoms. The van der Waals surface area contributed by atoms with Crippen LogP contribution in [-0.4, -0.2) is 80.9 Å². The van der Waals surface area contributed by atoms with Gasteiger partial charge in [-0.1, -0.05) is 0 Å². The summed E-state index contributed by atoms with van der Waals surface area (Å²) in [5.41, 5.74) is 5.57. The number of carbonyl (C=O) groups excluding carboxylic acids is 3. The number of thiol groups is 1. The predicted octanol–water partition coefficient (Wildman–Crippen LogP) is -2.47. The van der Waals surface area contributed by atoms with Gasteiger partial charge >= 0.3 is 17.9 Å². The van der Waals surface area contributed by atoms with Crippen molar-refractivity contribution in [3.8, 4) is 0 Å². The van der Waals surface area contributed by atoms with Crippen molar-refractivity contribution in [2.75, 3.05) is 5.75 Å². The maximum atomic E-state index is 12.5. The Hall–Kier alpha value is -2.87. The number of hydrogen-bond acceptors (Lipinski definition) is 8. The van der Waals surface area contributed by atoms with Crippen LogP contribution >= 0.6 is 12.6 Å². The number of hydrogen-bond donors (Lipinski definition) is 8. The number of carbonyl (C=O) groups is 6. The number of nitrogens with one attached hydrogen (secondary N) is 3. The molecule has 0 bridgehead atoms. The Morgan fingerprint density at radius 3 is 1.73 bits per heavy atom. The van der Waals surface area contributed by atoms with Gasteiger partial charge in [-0.3, -0.25) is 28.8 Å². The van der Waals surface area contributed by atoms with Gasteiger partial charge in [-0.2, -0.15) is 12.6 Å². The minimum Gasteiger partial charge on any atom is -0.481 e. The van der Waals surface area contributed by atoms with Crippen molar-refractivity contribution in [1.29, 1.82) is 0 Å². The molecule has 8 N–H and O–H groups in total. The van der Waals surface area contributed by atoms with E-state index in [1.54, 1.807) is 0 Å². The van der Waals surface area contributed by atoms with Crippen LogP contribution in [0.25, 0.3) is 0 Å². The maximum Gasteiger partial charge on any atom is 0.325 e. The molecule has 4 atom stereocenters. The molecule has 0 saturated carbocycles. The summed E-state index contributed by atoms with van der Waals surface area (Å²) >= 11 is 3.93. The lowest BCUT2D eigenvalue weighted by Crippen LogP contribution is -2.57. The molecular weight excluding hydrogens is 424 g/mol. The zero-order chi connectivity index (χ0) is 23.4. The van der Waals surface area contributed by atoms with Gasteiger partial charge in [0.2, 0.25) is 17.7 Å². The molecule has 0 radical (unpaired) electrons. The van der Waals surface area contributed by atoms with Crippen molar-refractivity contribution in [2.45, 2.75) is 56.8 Å². The Bertz CT molecular complexity index is 673. The van der Waals surface area contributed by atoms with Crippen LogP contribution in [0.2, 0.25) is 0 Å². The quantitative estimate of drug-likeness (QED) is 0.130. The molecule has 0 aromatic heterocycles. The van der Waals surface area contributed by atoms with Crippen molar-refractivity contribution < 1.29 is 44.1 Å². The Labute approximate surface area is 177 Å². The van der Waals surface area contributed by atoms with Crippen LogP contribution in [0.1, 0.15) is 32.6 Å². The Balaban J connectivity index is 5.16. The van der Waals surface area contributed by atoms with Crippen molar-refractivity contribution in [2.24, 2.45) is 5.73 Å². The van der Waals surface area contributed by atoms with Crippen LogP contribution in [0.3, 0.4) is 0 Å². The summed E-state index contributed by atoms with van der Waals surface area (Å²) in [6, 6.07) is -5.11. The Kier molecular flexibility index (Phi) is 12.1. The largest absolute Gasteiger partial charge is 0.481 e. The molecule has 3 amide bonds. The number of rotatable bonds is 14. The number of nitrogens with two attached hydrogens (primary N) is 1. The molecule has 0 aliphatic carbocycles. The summed E-state index contributed by atoms with van der Waals surface area (Å²) in [7, 11) is 0. The minimum atomic E-state index is -1.38. The van der Waals surface area contributed by atoms with E-state index >= 15 is 0 Å². The molecule has 0 aromatic rings. The van der Waals surface area contributed by atoms with Gasteiger partial charge in [0, 0.05) is 18.6 Å². The van der Waals surface area contributed by atoms with Crippen LogP contribution in [-0.2, 0) is 28.8 Å². The molecule has 0 aliphatic heterocycles. The third-order valence-corrected chi connectivity index (χ3v) is 4.20. The fraction of sp³-hybridized carbons (Fsp3) is 0.625. The third kappa shape index (κ3) is 10.6. The summed E-state index contributed by atoms with van der Waals surface area (Å²) in [6.45, 7) is 1.21. The predicted molar refractivity (Wildman–Crippen MR) is 105 cm³/mol. The maximum absolute atomic E-state index is 12.5. The summed E-state index contributed by atoms with van der Waals surface area (Å²) in [5, 5.41) is 33.0. The monoisotopic (exact) mass is 450 g/mol. The van der Waals surface area contributed by atoms with Crippen LogP contribution in [0.5, 0.6) is 0 Å². The summed E-state index contributed by atoms with van der Waals surface area (Å²) in [4.78, 5) is 68.9. The third-order valence-electron chi connectivity index (χ3n) is 3.83. The van der Waals surface area contributed by atoms with E-state index in [1.807, 2.05) is 0 Å². The van der Waals surface area contributed by atoms with Crippen molar-refractivity contribution in [1.82, 2.24) is 16.0 Å². The SMILES string of the molecule is CC(NC(=O)C(CS)NC(=O)C(CCC(=O)O)NC(=O)C(N)CCC(=O)O)C(=O)O. The van der Waals surface area contributed by atoms with E-state index in [2.05, 4.69) is 28.6 Å². The van der Waals surface area contributed by atoms with Crippen LogP contribution in [0.15, 0.2) is 0 Å². The molecule has 170 valence electrons. The molecular formula is C16H26N4O9S. The molecule has 13 nitrogen and oxygen atoms in total. The zero-order valence-electron chi connectivity index (χ0n) is 16.2. The van der Waals surface area contributed by atoms with Crippen LogP contribution in [0, 0.1) is 0 Å². The Morgan fingerprint density at radius 2 is 1.27 bits per heavy atom. The summed E-state index contributed by atoms with van der Waals surface area (Å²) in [5.74, 6) is -6.53. The van der Waals surface area contributed by atoms with Crippen molar-refractivity contribution >= 4 is 48.3 Å². The van der Waals surface area contributed by atoms with Crippen molar-refractivity contribution in [3.05, 3.63) is 0 Å². The highest BCUT2D eigenvalue weighted by Gasteiger charge is 2.29. The zero-order valence-corrected chi connectivity index (χ0v) is 17.1. The lowest BCUT2D eigenvalue weighted by molar-refractivity contribution is -0.141. The van der Waals surface area contributed by atoms with Gasteiger partial charge in [-0.25, -0.2) is 0 Å². The molecule has 0 aliphatic rings. The highest BCUT2D eigenvalue weighted by Crippen LogP contribution is 2.03. The first-order valence-corrected chi connectivity index (χ1v) is 9.46. The second kappa shape index (κ2) is 13.4. The van der Waals surface area contributed by atoms with Gasteiger partial charge in [-0.15, -0.1) is 0 Å².